The molecule has 3 nitrogen and oxygen atoms in total. The Morgan fingerprint density at radius 1 is 1.46 bits per heavy atom. The van der Waals surface area contributed by atoms with Gasteiger partial charge in [-0.3, -0.25) is 4.79 Å². The molecule has 0 fully saturated rings. The minimum absolute atomic E-state index is 0.0396. The zero-order valence-corrected chi connectivity index (χ0v) is 8.41. The van der Waals surface area contributed by atoms with Crippen molar-refractivity contribution in [3.8, 4) is 0 Å². The van der Waals surface area contributed by atoms with Crippen molar-refractivity contribution >= 4 is 5.97 Å². The maximum absolute atomic E-state index is 11.4. The highest BCUT2D eigenvalue weighted by atomic mass is 16.5. The number of nitrogens with two attached hydrogens (primary N) is 1. The van der Waals surface area contributed by atoms with Crippen molar-refractivity contribution < 1.29 is 9.53 Å². The molecule has 0 radical (unpaired) electrons. The zero-order chi connectivity index (χ0) is 10.1. The summed E-state index contributed by atoms with van der Waals surface area (Å²) in [6.07, 6.45) is 4.32. The van der Waals surface area contributed by atoms with Crippen molar-refractivity contribution in [3.05, 3.63) is 12.2 Å². The quantitative estimate of drug-likeness (QED) is 0.491. The predicted octanol–water partition coefficient (Wildman–Crippen LogP) is 1.23. The van der Waals surface area contributed by atoms with Gasteiger partial charge in [-0.2, -0.15) is 0 Å². The SMILES string of the molecule is CC(C)(C)C(=O)O[C@H]1C=C[C@@H](N)C1. The summed E-state index contributed by atoms with van der Waals surface area (Å²) in [5, 5.41) is 0. The molecule has 0 heterocycles. The van der Waals surface area contributed by atoms with Gasteiger partial charge in [0.25, 0.3) is 0 Å². The number of hydrogen-bond acceptors (Lipinski definition) is 3. The Labute approximate surface area is 78.9 Å². The average molecular weight is 183 g/mol. The van der Waals surface area contributed by atoms with Gasteiger partial charge >= 0.3 is 5.97 Å². The molecular weight excluding hydrogens is 166 g/mol. The summed E-state index contributed by atoms with van der Waals surface area (Å²) in [5.74, 6) is -0.170. The Hall–Kier alpha value is -0.830. The molecule has 3 heteroatoms. The van der Waals surface area contributed by atoms with Gasteiger partial charge in [0.05, 0.1) is 5.41 Å². The summed E-state index contributed by atoms with van der Waals surface area (Å²) in [5.41, 5.74) is 5.20. The van der Waals surface area contributed by atoms with Gasteiger partial charge in [0.2, 0.25) is 0 Å². The molecule has 1 aliphatic carbocycles. The van der Waals surface area contributed by atoms with Crippen molar-refractivity contribution in [2.75, 3.05) is 0 Å². The molecule has 0 aromatic heterocycles. The lowest BCUT2D eigenvalue weighted by atomic mass is 9.97. The molecule has 0 aromatic rings. The summed E-state index contributed by atoms with van der Waals surface area (Å²) in [6.45, 7) is 5.52. The van der Waals surface area contributed by atoms with Crippen LogP contribution in [0, 0.1) is 5.41 Å². The first-order valence-electron chi connectivity index (χ1n) is 4.54. The van der Waals surface area contributed by atoms with E-state index in [1.54, 1.807) is 0 Å². The van der Waals surface area contributed by atoms with E-state index < -0.39 is 5.41 Å². The van der Waals surface area contributed by atoms with Gasteiger partial charge in [0, 0.05) is 12.5 Å². The molecule has 0 saturated carbocycles. The smallest absolute Gasteiger partial charge is 0.311 e. The molecule has 0 saturated heterocycles. The van der Waals surface area contributed by atoms with Crippen LogP contribution in [0.15, 0.2) is 12.2 Å². The largest absolute Gasteiger partial charge is 0.458 e. The summed E-state index contributed by atoms with van der Waals surface area (Å²) in [7, 11) is 0. The van der Waals surface area contributed by atoms with Crippen molar-refractivity contribution in [3.63, 3.8) is 0 Å². The van der Waals surface area contributed by atoms with E-state index in [1.807, 2.05) is 32.9 Å². The Kier molecular flexibility index (Phi) is 2.76. The molecule has 0 bridgehead atoms. The molecule has 0 amide bonds. The van der Waals surface area contributed by atoms with Gasteiger partial charge in [-0.15, -0.1) is 0 Å². The van der Waals surface area contributed by atoms with E-state index in [0.717, 1.165) is 0 Å². The first-order chi connectivity index (χ1) is 5.89. The predicted molar refractivity (Wildman–Crippen MR) is 51.1 cm³/mol. The van der Waals surface area contributed by atoms with Gasteiger partial charge in [0.15, 0.2) is 0 Å². The molecule has 0 spiro atoms. The molecule has 0 aliphatic heterocycles. The fourth-order valence-corrected chi connectivity index (χ4v) is 1.09. The molecule has 0 unspecified atom stereocenters. The first-order valence-corrected chi connectivity index (χ1v) is 4.54. The van der Waals surface area contributed by atoms with Crippen LogP contribution in [0.25, 0.3) is 0 Å². The highest BCUT2D eigenvalue weighted by Crippen LogP contribution is 2.20. The van der Waals surface area contributed by atoms with Crippen molar-refractivity contribution in [2.45, 2.75) is 39.3 Å². The van der Waals surface area contributed by atoms with E-state index in [9.17, 15) is 4.79 Å². The van der Waals surface area contributed by atoms with Gasteiger partial charge < -0.3 is 10.5 Å². The third-order valence-corrected chi connectivity index (χ3v) is 1.95. The van der Waals surface area contributed by atoms with Crippen LogP contribution < -0.4 is 5.73 Å². The maximum Gasteiger partial charge on any atom is 0.311 e. The third kappa shape index (κ3) is 2.84. The molecule has 13 heavy (non-hydrogen) atoms. The maximum atomic E-state index is 11.4. The minimum Gasteiger partial charge on any atom is -0.458 e. The number of carbonyl (C=O) groups excluding carboxylic acids is 1. The summed E-state index contributed by atoms with van der Waals surface area (Å²) in [6, 6.07) is 0.0396. The minimum atomic E-state index is -0.430. The van der Waals surface area contributed by atoms with Gasteiger partial charge in [0.1, 0.15) is 6.10 Å². The van der Waals surface area contributed by atoms with Crippen molar-refractivity contribution in [1.29, 1.82) is 0 Å². The van der Waals surface area contributed by atoms with Gasteiger partial charge in [-0.05, 0) is 26.8 Å². The van der Waals surface area contributed by atoms with Crippen molar-refractivity contribution in [1.82, 2.24) is 0 Å². The number of carbonyl (C=O) groups is 1. The molecule has 0 aromatic carbocycles. The van der Waals surface area contributed by atoms with E-state index >= 15 is 0 Å². The van der Waals surface area contributed by atoms with Crippen LogP contribution in [-0.2, 0) is 9.53 Å². The Bertz CT molecular complexity index is 228. The standard InChI is InChI=1S/C10H17NO2/c1-10(2,3)9(12)13-8-5-4-7(11)6-8/h4-5,7-8H,6,11H2,1-3H3/t7-,8+/m1/s1. The van der Waals surface area contributed by atoms with Crippen LogP contribution in [-0.4, -0.2) is 18.1 Å². The lowest BCUT2D eigenvalue weighted by Gasteiger charge is -2.19. The van der Waals surface area contributed by atoms with E-state index in [-0.39, 0.29) is 18.1 Å². The number of rotatable bonds is 1. The molecule has 1 rings (SSSR count). The lowest BCUT2D eigenvalue weighted by Crippen LogP contribution is -2.28. The highest BCUT2D eigenvalue weighted by Gasteiger charge is 2.27. The Balaban J connectivity index is 2.43. The number of hydrogen-bond donors (Lipinski definition) is 1. The second kappa shape index (κ2) is 3.50. The van der Waals surface area contributed by atoms with Crippen LogP contribution in [0.4, 0.5) is 0 Å². The Morgan fingerprint density at radius 2 is 2.08 bits per heavy atom. The molecule has 74 valence electrons. The molecular formula is C10H17NO2. The van der Waals surface area contributed by atoms with Crippen LogP contribution in [0.5, 0.6) is 0 Å². The topological polar surface area (TPSA) is 52.3 Å². The van der Waals surface area contributed by atoms with Crippen LogP contribution >= 0.6 is 0 Å². The number of esters is 1. The van der Waals surface area contributed by atoms with Crippen LogP contribution in [0.2, 0.25) is 0 Å². The fourth-order valence-electron chi connectivity index (χ4n) is 1.09. The highest BCUT2D eigenvalue weighted by molar-refractivity contribution is 5.75. The Morgan fingerprint density at radius 3 is 2.46 bits per heavy atom. The average Bonchev–Trinajstić information content (AvgIpc) is 2.33. The summed E-state index contributed by atoms with van der Waals surface area (Å²) < 4.78 is 5.24. The van der Waals surface area contributed by atoms with Gasteiger partial charge in [-0.25, -0.2) is 0 Å². The second-order valence-corrected chi connectivity index (χ2v) is 4.48. The third-order valence-electron chi connectivity index (χ3n) is 1.95. The summed E-state index contributed by atoms with van der Waals surface area (Å²) in [4.78, 5) is 11.4. The lowest BCUT2D eigenvalue weighted by molar-refractivity contribution is -0.156. The van der Waals surface area contributed by atoms with E-state index in [0.29, 0.717) is 6.42 Å². The normalized spacial score (nSPS) is 27.7. The van der Waals surface area contributed by atoms with Crippen LogP contribution in [0.1, 0.15) is 27.2 Å². The van der Waals surface area contributed by atoms with Crippen LogP contribution in [0.3, 0.4) is 0 Å². The number of ether oxygens (including phenoxy) is 1. The monoisotopic (exact) mass is 183 g/mol. The van der Waals surface area contributed by atoms with Crippen molar-refractivity contribution in [2.24, 2.45) is 11.1 Å². The second-order valence-electron chi connectivity index (χ2n) is 4.48. The zero-order valence-electron chi connectivity index (χ0n) is 8.41. The molecule has 2 atom stereocenters. The van der Waals surface area contributed by atoms with E-state index in [4.69, 9.17) is 10.5 Å². The molecule has 1 aliphatic rings. The fraction of sp³-hybridized carbons (Fsp3) is 0.700. The first kappa shape index (κ1) is 10.3. The molecule has 2 N–H and O–H groups in total. The van der Waals surface area contributed by atoms with Gasteiger partial charge in [-0.1, -0.05) is 6.08 Å². The van der Waals surface area contributed by atoms with E-state index in [1.165, 1.54) is 0 Å². The summed E-state index contributed by atoms with van der Waals surface area (Å²) >= 11 is 0. The van der Waals surface area contributed by atoms with E-state index in [2.05, 4.69) is 0 Å².